The number of carbonyl (C=O) groups excluding carboxylic acids is 2. The van der Waals surface area contributed by atoms with E-state index in [0.717, 1.165) is 24.3 Å². The molecule has 0 aromatic heterocycles. The van der Waals surface area contributed by atoms with E-state index in [1.54, 1.807) is 18.2 Å². The van der Waals surface area contributed by atoms with Crippen molar-refractivity contribution in [2.24, 2.45) is 0 Å². The van der Waals surface area contributed by atoms with Crippen LogP contribution >= 0.6 is 0 Å². The van der Waals surface area contributed by atoms with Crippen LogP contribution in [-0.4, -0.2) is 29.8 Å². The molecular formula is C19H18F4N2O2. The summed E-state index contributed by atoms with van der Waals surface area (Å²) in [5.74, 6) is -1.28. The normalized spacial score (nSPS) is 11.1. The number of rotatable bonds is 6. The number of nitrogens with zero attached hydrogens (tertiary/aromatic N) is 1. The van der Waals surface area contributed by atoms with Crippen LogP contribution in [0.4, 0.5) is 17.6 Å². The van der Waals surface area contributed by atoms with Crippen LogP contribution in [0.5, 0.6) is 0 Å². The summed E-state index contributed by atoms with van der Waals surface area (Å²) in [5, 5.41) is 2.54. The molecular weight excluding hydrogens is 364 g/mol. The Morgan fingerprint density at radius 2 is 1.67 bits per heavy atom. The quantitative estimate of drug-likeness (QED) is 0.776. The van der Waals surface area contributed by atoms with E-state index in [2.05, 4.69) is 5.32 Å². The maximum absolute atomic E-state index is 13.7. The number of nitrogens with one attached hydrogen (secondary N) is 1. The van der Waals surface area contributed by atoms with Crippen molar-refractivity contribution in [1.29, 1.82) is 0 Å². The monoisotopic (exact) mass is 382 g/mol. The first kappa shape index (κ1) is 20.4. The molecule has 8 heteroatoms. The van der Waals surface area contributed by atoms with Crippen LogP contribution < -0.4 is 5.32 Å². The van der Waals surface area contributed by atoms with E-state index in [9.17, 15) is 27.2 Å². The Morgan fingerprint density at radius 1 is 1.04 bits per heavy atom. The standard InChI is InChI=1S/C19H18F4N2O2/c1-13(26)25(12-15-4-2-3-5-17(15)20)11-10-24-18(27)14-6-8-16(9-7-14)19(21,22)23/h2-9H,10-12H2,1H3,(H,24,27). The van der Waals surface area contributed by atoms with Crippen LogP contribution in [0.2, 0.25) is 0 Å². The van der Waals surface area contributed by atoms with Crippen molar-refractivity contribution in [2.75, 3.05) is 13.1 Å². The number of carbonyl (C=O) groups is 2. The third-order valence-electron chi connectivity index (χ3n) is 3.91. The summed E-state index contributed by atoms with van der Waals surface area (Å²) in [6, 6.07) is 9.88. The molecule has 0 aliphatic heterocycles. The number of alkyl halides is 3. The molecule has 2 amide bonds. The number of hydrogen-bond acceptors (Lipinski definition) is 2. The van der Waals surface area contributed by atoms with Crippen molar-refractivity contribution in [3.05, 3.63) is 71.0 Å². The van der Waals surface area contributed by atoms with E-state index < -0.39 is 23.5 Å². The fourth-order valence-electron chi connectivity index (χ4n) is 2.40. The van der Waals surface area contributed by atoms with E-state index in [-0.39, 0.29) is 31.1 Å². The van der Waals surface area contributed by atoms with Gasteiger partial charge in [-0.05, 0) is 30.3 Å². The molecule has 144 valence electrons. The minimum atomic E-state index is -4.47. The maximum Gasteiger partial charge on any atom is 0.416 e. The third-order valence-corrected chi connectivity index (χ3v) is 3.91. The van der Waals surface area contributed by atoms with Crippen molar-refractivity contribution in [3.63, 3.8) is 0 Å². The molecule has 1 N–H and O–H groups in total. The second-order valence-corrected chi connectivity index (χ2v) is 5.86. The van der Waals surface area contributed by atoms with Crippen LogP contribution in [0, 0.1) is 5.82 Å². The zero-order valence-electron chi connectivity index (χ0n) is 14.5. The van der Waals surface area contributed by atoms with Gasteiger partial charge in [-0.2, -0.15) is 13.2 Å². The molecule has 0 radical (unpaired) electrons. The fraction of sp³-hybridized carbons (Fsp3) is 0.263. The molecule has 0 saturated carbocycles. The molecule has 2 aromatic rings. The summed E-state index contributed by atoms with van der Waals surface area (Å²) in [7, 11) is 0. The highest BCUT2D eigenvalue weighted by Gasteiger charge is 2.30. The molecule has 0 bridgehead atoms. The van der Waals surface area contributed by atoms with Crippen LogP contribution in [0.1, 0.15) is 28.4 Å². The second kappa shape index (κ2) is 8.66. The maximum atomic E-state index is 13.7. The fourth-order valence-corrected chi connectivity index (χ4v) is 2.40. The molecule has 0 atom stereocenters. The predicted octanol–water partition coefficient (Wildman–Crippen LogP) is 3.62. The molecule has 0 aliphatic carbocycles. The smallest absolute Gasteiger partial charge is 0.350 e. The number of halogens is 4. The Balaban J connectivity index is 1.91. The van der Waals surface area contributed by atoms with Gasteiger partial charge in [0.2, 0.25) is 5.91 Å². The molecule has 0 heterocycles. The first-order chi connectivity index (χ1) is 12.7. The Bertz CT molecular complexity index is 804. The second-order valence-electron chi connectivity index (χ2n) is 5.86. The largest absolute Gasteiger partial charge is 0.416 e. The number of benzene rings is 2. The highest BCUT2D eigenvalue weighted by molar-refractivity contribution is 5.94. The first-order valence-corrected chi connectivity index (χ1v) is 8.13. The minimum absolute atomic E-state index is 0.0537. The molecule has 0 fully saturated rings. The van der Waals surface area contributed by atoms with Gasteiger partial charge in [0.15, 0.2) is 0 Å². The van der Waals surface area contributed by atoms with Gasteiger partial charge in [-0.1, -0.05) is 18.2 Å². The van der Waals surface area contributed by atoms with Gasteiger partial charge in [0.25, 0.3) is 5.91 Å². The van der Waals surface area contributed by atoms with E-state index >= 15 is 0 Å². The van der Waals surface area contributed by atoms with E-state index in [0.29, 0.717) is 5.56 Å². The predicted molar refractivity (Wildman–Crippen MR) is 91.3 cm³/mol. The summed E-state index contributed by atoms with van der Waals surface area (Å²) in [6.07, 6.45) is -4.47. The number of hydrogen-bond donors (Lipinski definition) is 1. The van der Waals surface area contributed by atoms with Crippen molar-refractivity contribution in [3.8, 4) is 0 Å². The minimum Gasteiger partial charge on any atom is -0.350 e. The lowest BCUT2D eigenvalue weighted by atomic mass is 10.1. The summed E-state index contributed by atoms with van der Waals surface area (Å²) >= 11 is 0. The van der Waals surface area contributed by atoms with Gasteiger partial charge >= 0.3 is 6.18 Å². The number of amides is 2. The zero-order chi connectivity index (χ0) is 20.0. The lowest BCUT2D eigenvalue weighted by Gasteiger charge is -2.21. The SMILES string of the molecule is CC(=O)N(CCNC(=O)c1ccc(C(F)(F)F)cc1)Cc1ccccc1F. The topological polar surface area (TPSA) is 49.4 Å². The van der Waals surface area contributed by atoms with Crippen molar-refractivity contribution in [1.82, 2.24) is 10.2 Å². The van der Waals surface area contributed by atoms with E-state index in [1.807, 2.05) is 0 Å². The summed E-state index contributed by atoms with van der Waals surface area (Å²) in [6.45, 7) is 1.60. The van der Waals surface area contributed by atoms with Crippen LogP contribution in [0.25, 0.3) is 0 Å². The van der Waals surface area contributed by atoms with Gasteiger partial charge in [0.05, 0.1) is 5.56 Å². The molecule has 0 saturated heterocycles. The molecule has 2 rings (SSSR count). The lowest BCUT2D eigenvalue weighted by molar-refractivity contribution is -0.137. The van der Waals surface area contributed by atoms with E-state index in [1.165, 1.54) is 17.9 Å². The van der Waals surface area contributed by atoms with Crippen LogP contribution in [0.3, 0.4) is 0 Å². The van der Waals surface area contributed by atoms with Crippen molar-refractivity contribution < 1.29 is 27.2 Å². The molecule has 2 aromatic carbocycles. The van der Waals surface area contributed by atoms with E-state index in [4.69, 9.17) is 0 Å². The highest BCUT2D eigenvalue weighted by Crippen LogP contribution is 2.29. The third kappa shape index (κ3) is 5.80. The van der Waals surface area contributed by atoms with Crippen molar-refractivity contribution in [2.45, 2.75) is 19.6 Å². The Labute approximate surface area is 153 Å². The summed E-state index contributed by atoms with van der Waals surface area (Å²) in [5.41, 5.74) is -0.417. The van der Waals surface area contributed by atoms with Crippen LogP contribution in [0.15, 0.2) is 48.5 Å². The van der Waals surface area contributed by atoms with Gasteiger partial charge in [0.1, 0.15) is 5.82 Å². The van der Waals surface area contributed by atoms with Gasteiger partial charge in [-0.3, -0.25) is 9.59 Å². The Morgan fingerprint density at radius 3 is 2.22 bits per heavy atom. The first-order valence-electron chi connectivity index (χ1n) is 8.13. The summed E-state index contributed by atoms with van der Waals surface area (Å²) in [4.78, 5) is 25.1. The summed E-state index contributed by atoms with van der Waals surface area (Å²) < 4.78 is 51.3. The van der Waals surface area contributed by atoms with Gasteiger partial charge < -0.3 is 10.2 Å². The van der Waals surface area contributed by atoms with Gasteiger partial charge in [0, 0.05) is 37.7 Å². The zero-order valence-corrected chi connectivity index (χ0v) is 14.5. The Hall–Kier alpha value is -2.90. The lowest BCUT2D eigenvalue weighted by Crippen LogP contribution is -2.37. The van der Waals surface area contributed by atoms with Gasteiger partial charge in [-0.15, -0.1) is 0 Å². The molecule has 0 unspecified atom stereocenters. The van der Waals surface area contributed by atoms with Crippen LogP contribution in [-0.2, 0) is 17.5 Å². The molecule has 0 aliphatic rings. The molecule has 4 nitrogen and oxygen atoms in total. The Kier molecular flexibility index (Phi) is 6.55. The van der Waals surface area contributed by atoms with Gasteiger partial charge in [-0.25, -0.2) is 4.39 Å². The average Bonchev–Trinajstić information content (AvgIpc) is 2.61. The molecule has 0 spiro atoms. The highest BCUT2D eigenvalue weighted by atomic mass is 19.4. The molecule has 27 heavy (non-hydrogen) atoms. The average molecular weight is 382 g/mol. The van der Waals surface area contributed by atoms with Crippen molar-refractivity contribution >= 4 is 11.8 Å².